The number of nitro benzene ring substituents is 1. The first kappa shape index (κ1) is 26.2. The number of carbonyl (C=O) groups is 3. The number of hydrogen-bond donors (Lipinski definition) is 2. The van der Waals surface area contributed by atoms with Crippen LogP contribution in [0.25, 0.3) is 0 Å². The highest BCUT2D eigenvalue weighted by molar-refractivity contribution is 14.1. The van der Waals surface area contributed by atoms with Gasteiger partial charge in [0.1, 0.15) is 6.61 Å². The van der Waals surface area contributed by atoms with Gasteiger partial charge >= 0.3 is 5.97 Å². The minimum Gasteiger partial charge on any atom is -0.457 e. The molecule has 0 radical (unpaired) electrons. The van der Waals surface area contributed by atoms with E-state index in [9.17, 15) is 24.5 Å². The van der Waals surface area contributed by atoms with E-state index in [4.69, 9.17) is 4.74 Å². The molecule has 12 heteroatoms. The van der Waals surface area contributed by atoms with E-state index in [0.717, 1.165) is 10.9 Å². The molecule has 2 N–H and O–H groups in total. The van der Waals surface area contributed by atoms with E-state index >= 15 is 0 Å². The lowest BCUT2D eigenvalue weighted by atomic mass is 10.1. The van der Waals surface area contributed by atoms with Gasteiger partial charge in [-0.3, -0.25) is 25.0 Å². The second kappa shape index (κ2) is 11.4. The van der Waals surface area contributed by atoms with E-state index in [-0.39, 0.29) is 40.8 Å². The monoisotopic (exact) mass is 608 g/mol. The van der Waals surface area contributed by atoms with Crippen LogP contribution in [0.4, 0.5) is 16.5 Å². The van der Waals surface area contributed by atoms with Gasteiger partial charge in [-0.15, -0.1) is 11.3 Å². The highest BCUT2D eigenvalue weighted by Crippen LogP contribution is 2.27. The van der Waals surface area contributed by atoms with Crippen LogP contribution in [0.15, 0.2) is 42.6 Å². The third-order valence-corrected chi connectivity index (χ3v) is 6.84. The maximum absolute atomic E-state index is 12.6. The number of benzene rings is 2. The Morgan fingerprint density at radius 3 is 2.46 bits per heavy atom. The number of nitrogens with one attached hydrogen (secondary N) is 2. The van der Waals surface area contributed by atoms with Crippen molar-refractivity contribution in [2.24, 2.45) is 0 Å². The minimum absolute atomic E-state index is 0.0798. The van der Waals surface area contributed by atoms with Crippen molar-refractivity contribution in [1.82, 2.24) is 4.98 Å². The van der Waals surface area contributed by atoms with Gasteiger partial charge < -0.3 is 10.1 Å². The maximum atomic E-state index is 12.6. The van der Waals surface area contributed by atoms with Crippen molar-refractivity contribution in [3.63, 3.8) is 0 Å². The van der Waals surface area contributed by atoms with Crippen LogP contribution in [0, 0.1) is 13.7 Å². The summed E-state index contributed by atoms with van der Waals surface area (Å²) in [7, 11) is 0. The summed E-state index contributed by atoms with van der Waals surface area (Å²) in [5.41, 5.74) is 0.656. The normalized spacial score (nSPS) is 10.7. The highest BCUT2D eigenvalue weighted by Gasteiger charge is 2.20. The van der Waals surface area contributed by atoms with Crippen LogP contribution in [0.3, 0.4) is 0 Å². The molecule has 2 aromatic carbocycles. The molecule has 0 aliphatic heterocycles. The van der Waals surface area contributed by atoms with Gasteiger partial charge in [0, 0.05) is 33.2 Å². The van der Waals surface area contributed by atoms with Gasteiger partial charge in [-0.1, -0.05) is 13.8 Å². The first-order valence-electron chi connectivity index (χ1n) is 10.3. The number of hydrogen-bond acceptors (Lipinski definition) is 8. The Hall–Kier alpha value is -3.39. The molecule has 10 nitrogen and oxygen atoms in total. The molecule has 0 spiro atoms. The lowest BCUT2D eigenvalue weighted by Gasteiger charge is -2.09. The number of rotatable bonds is 8. The smallest absolute Gasteiger partial charge is 0.338 e. The first-order valence-corrected chi connectivity index (χ1v) is 12.2. The summed E-state index contributed by atoms with van der Waals surface area (Å²) in [6, 6.07) is 8.54. The van der Waals surface area contributed by atoms with Crippen LogP contribution in [-0.2, 0) is 16.1 Å². The van der Waals surface area contributed by atoms with Crippen molar-refractivity contribution in [2.45, 2.75) is 33.3 Å². The molecule has 0 bridgehead atoms. The van der Waals surface area contributed by atoms with E-state index in [2.05, 4.69) is 15.6 Å². The molecule has 182 valence electrons. The molecule has 35 heavy (non-hydrogen) atoms. The van der Waals surface area contributed by atoms with Crippen molar-refractivity contribution in [3.05, 3.63) is 77.8 Å². The third-order valence-electron chi connectivity index (χ3n) is 4.73. The zero-order chi connectivity index (χ0) is 25.7. The molecule has 1 aromatic heterocycles. The van der Waals surface area contributed by atoms with Gasteiger partial charge in [-0.2, -0.15) is 0 Å². The average Bonchev–Trinajstić information content (AvgIpc) is 3.27. The van der Waals surface area contributed by atoms with Crippen LogP contribution in [0.5, 0.6) is 0 Å². The summed E-state index contributed by atoms with van der Waals surface area (Å²) < 4.78 is 5.89. The number of halogens is 1. The summed E-state index contributed by atoms with van der Waals surface area (Å²) in [5.74, 6) is -1.19. The standard InChI is InChI=1S/C23H21IN4O6S/c1-12(2)20-10-25-23(35-20)27-21(30)14-4-5-16(19(9-14)28(32)33)11-34-22(31)15-6-7-18(17(24)8-15)26-13(3)29/h4-10,12H,11H2,1-3H3,(H,26,29)(H,25,27,30). The van der Waals surface area contributed by atoms with Crippen LogP contribution >= 0.6 is 33.9 Å². The zero-order valence-electron chi connectivity index (χ0n) is 19.0. The topological polar surface area (TPSA) is 141 Å². The molecule has 0 saturated heterocycles. The summed E-state index contributed by atoms with van der Waals surface area (Å²) in [4.78, 5) is 52.4. The quantitative estimate of drug-likeness (QED) is 0.152. The van der Waals surface area contributed by atoms with Crippen molar-refractivity contribution in [3.8, 4) is 0 Å². The summed E-state index contributed by atoms with van der Waals surface area (Å²) in [5, 5.41) is 17.3. The second-order valence-electron chi connectivity index (χ2n) is 7.73. The van der Waals surface area contributed by atoms with E-state index in [1.54, 1.807) is 18.3 Å². The third kappa shape index (κ3) is 6.82. The number of ether oxygens (including phenoxy) is 1. The first-order chi connectivity index (χ1) is 16.5. The molecule has 2 amide bonds. The zero-order valence-corrected chi connectivity index (χ0v) is 21.9. The lowest BCUT2D eigenvalue weighted by molar-refractivity contribution is -0.385. The van der Waals surface area contributed by atoms with Gasteiger partial charge in [0.2, 0.25) is 5.91 Å². The van der Waals surface area contributed by atoms with E-state index in [1.807, 2.05) is 36.4 Å². The summed E-state index contributed by atoms with van der Waals surface area (Å²) in [6.07, 6.45) is 1.68. The van der Waals surface area contributed by atoms with Crippen LogP contribution < -0.4 is 10.6 Å². The molecule has 3 rings (SSSR count). The molecule has 1 heterocycles. The Morgan fingerprint density at radius 2 is 1.86 bits per heavy atom. The average molecular weight is 608 g/mol. The number of aromatic nitrogens is 1. The molecule has 0 fully saturated rings. The van der Waals surface area contributed by atoms with Gasteiger partial charge in [0.15, 0.2) is 5.13 Å². The fraction of sp³-hybridized carbons (Fsp3) is 0.217. The molecular weight excluding hydrogens is 587 g/mol. The molecule has 0 saturated carbocycles. The number of carbonyl (C=O) groups excluding carboxylic acids is 3. The van der Waals surface area contributed by atoms with Crippen molar-refractivity contribution in [1.29, 1.82) is 0 Å². The number of anilines is 2. The lowest BCUT2D eigenvalue weighted by Crippen LogP contribution is -2.13. The summed E-state index contributed by atoms with van der Waals surface area (Å²) in [6.45, 7) is 5.04. The fourth-order valence-electron chi connectivity index (χ4n) is 2.94. The second-order valence-corrected chi connectivity index (χ2v) is 9.95. The van der Waals surface area contributed by atoms with Gasteiger partial charge in [0.25, 0.3) is 11.6 Å². The largest absolute Gasteiger partial charge is 0.457 e. The number of nitro groups is 1. The van der Waals surface area contributed by atoms with Crippen LogP contribution in [0.1, 0.15) is 57.8 Å². The van der Waals surface area contributed by atoms with Crippen molar-refractivity contribution >= 4 is 68.2 Å². The van der Waals surface area contributed by atoms with Crippen molar-refractivity contribution < 1.29 is 24.0 Å². The number of amides is 2. The Morgan fingerprint density at radius 1 is 1.14 bits per heavy atom. The molecular formula is C23H21IN4O6S. The van der Waals surface area contributed by atoms with Gasteiger partial charge in [-0.25, -0.2) is 9.78 Å². The number of nitrogens with zero attached hydrogens (tertiary/aromatic N) is 2. The Balaban J connectivity index is 1.71. The maximum Gasteiger partial charge on any atom is 0.338 e. The van der Waals surface area contributed by atoms with Crippen LogP contribution in [-0.4, -0.2) is 27.7 Å². The Labute approximate surface area is 218 Å². The Bertz CT molecular complexity index is 1310. The van der Waals surface area contributed by atoms with E-state index in [1.165, 1.54) is 36.5 Å². The fourth-order valence-corrected chi connectivity index (χ4v) is 4.40. The predicted molar refractivity (Wildman–Crippen MR) is 140 cm³/mol. The van der Waals surface area contributed by atoms with E-state index in [0.29, 0.717) is 14.4 Å². The van der Waals surface area contributed by atoms with E-state index < -0.39 is 16.8 Å². The summed E-state index contributed by atoms with van der Waals surface area (Å²) >= 11 is 3.31. The minimum atomic E-state index is -0.682. The van der Waals surface area contributed by atoms with Crippen molar-refractivity contribution in [2.75, 3.05) is 10.6 Å². The molecule has 0 aliphatic rings. The molecule has 3 aromatic rings. The SMILES string of the molecule is CC(=O)Nc1ccc(C(=O)OCc2ccc(C(=O)Nc3ncc(C(C)C)s3)cc2[N+](=O)[O-])cc1I. The molecule has 0 unspecified atom stereocenters. The van der Waals surface area contributed by atoms with Gasteiger partial charge in [-0.05, 0) is 58.8 Å². The van der Waals surface area contributed by atoms with Gasteiger partial charge in [0.05, 0.1) is 21.7 Å². The number of thiazole rings is 1. The Kier molecular flexibility index (Phi) is 8.51. The number of esters is 1. The molecule has 0 aliphatic carbocycles. The molecule has 0 atom stereocenters. The highest BCUT2D eigenvalue weighted by atomic mass is 127. The van der Waals surface area contributed by atoms with Crippen LogP contribution in [0.2, 0.25) is 0 Å². The predicted octanol–water partition coefficient (Wildman–Crippen LogP) is 5.35.